The molecular formula is C17H22N2. The van der Waals surface area contributed by atoms with Gasteiger partial charge in [0, 0.05) is 25.0 Å². The number of benzene rings is 1. The molecule has 0 radical (unpaired) electrons. The predicted molar refractivity (Wildman–Crippen MR) is 79.1 cm³/mol. The molecule has 2 heteroatoms. The summed E-state index contributed by atoms with van der Waals surface area (Å²) in [4.78, 5) is 0. The van der Waals surface area contributed by atoms with Gasteiger partial charge in [-0.15, -0.1) is 0 Å². The van der Waals surface area contributed by atoms with E-state index in [0.29, 0.717) is 0 Å². The van der Waals surface area contributed by atoms with Crippen LogP contribution in [-0.4, -0.2) is 4.57 Å². The van der Waals surface area contributed by atoms with Crippen LogP contribution in [0.25, 0.3) is 0 Å². The first-order chi connectivity index (χ1) is 9.15. The van der Waals surface area contributed by atoms with E-state index in [9.17, 15) is 0 Å². The van der Waals surface area contributed by atoms with Gasteiger partial charge in [-0.1, -0.05) is 18.2 Å². The summed E-state index contributed by atoms with van der Waals surface area (Å²) >= 11 is 0. The van der Waals surface area contributed by atoms with Gasteiger partial charge in [0.1, 0.15) is 0 Å². The first-order valence-corrected chi connectivity index (χ1v) is 7.11. The molecular weight excluding hydrogens is 232 g/mol. The highest BCUT2D eigenvalue weighted by atomic mass is 14.9. The highest BCUT2D eigenvalue weighted by Crippen LogP contribution is 2.39. The maximum Gasteiger partial charge on any atom is 0.0475 e. The molecule has 2 N–H and O–H groups in total. The maximum absolute atomic E-state index is 6.25. The van der Waals surface area contributed by atoms with Crippen LogP contribution in [0.15, 0.2) is 36.7 Å². The molecule has 1 aromatic carbocycles. The molecule has 0 amide bonds. The van der Waals surface area contributed by atoms with Gasteiger partial charge >= 0.3 is 0 Å². The molecule has 2 nitrogen and oxygen atoms in total. The van der Waals surface area contributed by atoms with Crippen LogP contribution in [0.4, 0.5) is 0 Å². The number of aromatic nitrogens is 1. The van der Waals surface area contributed by atoms with E-state index in [0.717, 1.165) is 12.5 Å². The lowest BCUT2D eigenvalue weighted by Gasteiger charge is -2.11. The highest BCUT2D eigenvalue weighted by molar-refractivity contribution is 5.34. The highest BCUT2D eigenvalue weighted by Gasteiger charge is 2.29. The van der Waals surface area contributed by atoms with E-state index in [1.54, 1.807) is 0 Å². The van der Waals surface area contributed by atoms with Crippen LogP contribution in [0.5, 0.6) is 0 Å². The Labute approximate surface area is 115 Å². The third-order valence-electron chi connectivity index (χ3n) is 4.27. The molecule has 2 aromatic rings. The van der Waals surface area contributed by atoms with E-state index >= 15 is 0 Å². The molecule has 0 bridgehead atoms. The fourth-order valence-corrected chi connectivity index (χ4v) is 2.76. The van der Waals surface area contributed by atoms with Gasteiger partial charge in [0.2, 0.25) is 0 Å². The molecule has 1 saturated carbocycles. The molecule has 1 atom stereocenters. The summed E-state index contributed by atoms with van der Waals surface area (Å²) in [6.07, 6.45) is 6.96. The maximum atomic E-state index is 6.25. The molecule has 3 rings (SSSR count). The van der Waals surface area contributed by atoms with Crippen molar-refractivity contribution in [3.8, 4) is 0 Å². The fourth-order valence-electron chi connectivity index (χ4n) is 2.76. The van der Waals surface area contributed by atoms with Crippen molar-refractivity contribution in [1.29, 1.82) is 0 Å². The van der Waals surface area contributed by atoms with Crippen LogP contribution >= 0.6 is 0 Å². The Kier molecular flexibility index (Phi) is 3.19. The van der Waals surface area contributed by atoms with Gasteiger partial charge in [0.25, 0.3) is 0 Å². The van der Waals surface area contributed by atoms with Gasteiger partial charge in [0.05, 0.1) is 0 Å². The molecule has 1 aromatic heterocycles. The Morgan fingerprint density at radius 1 is 1.21 bits per heavy atom. The minimum absolute atomic E-state index is 0.235. The quantitative estimate of drug-likeness (QED) is 0.888. The van der Waals surface area contributed by atoms with Crippen LogP contribution in [0.1, 0.15) is 41.1 Å². The van der Waals surface area contributed by atoms with E-state index in [4.69, 9.17) is 5.73 Å². The molecule has 1 fully saturated rings. The van der Waals surface area contributed by atoms with Crippen molar-refractivity contribution in [3.63, 3.8) is 0 Å². The minimum Gasteiger partial charge on any atom is -0.350 e. The zero-order valence-electron chi connectivity index (χ0n) is 11.8. The van der Waals surface area contributed by atoms with Crippen molar-refractivity contribution < 1.29 is 0 Å². The standard InChI is InChI=1S/C17H22N2/c1-12-4-3-5-13(2)16(12)11-19-9-8-15(10-19)17(18)14-6-7-14/h3-5,8-10,14,17H,6-7,11,18H2,1-2H3. The summed E-state index contributed by atoms with van der Waals surface area (Å²) in [5.41, 5.74) is 11.7. The van der Waals surface area contributed by atoms with E-state index in [1.165, 1.54) is 35.1 Å². The number of hydrogen-bond acceptors (Lipinski definition) is 1. The largest absolute Gasteiger partial charge is 0.350 e. The van der Waals surface area contributed by atoms with Crippen molar-refractivity contribution in [2.45, 2.75) is 39.3 Å². The monoisotopic (exact) mass is 254 g/mol. The van der Waals surface area contributed by atoms with Crippen LogP contribution in [0.3, 0.4) is 0 Å². The average Bonchev–Trinajstić information content (AvgIpc) is 3.13. The second-order valence-electron chi connectivity index (χ2n) is 5.85. The van der Waals surface area contributed by atoms with Crippen molar-refractivity contribution in [1.82, 2.24) is 4.57 Å². The summed E-state index contributed by atoms with van der Waals surface area (Å²) in [6, 6.07) is 8.90. The molecule has 0 spiro atoms. The molecule has 100 valence electrons. The number of hydrogen-bond donors (Lipinski definition) is 1. The van der Waals surface area contributed by atoms with Gasteiger partial charge in [-0.3, -0.25) is 0 Å². The van der Waals surface area contributed by atoms with Gasteiger partial charge in [-0.2, -0.15) is 0 Å². The van der Waals surface area contributed by atoms with Crippen molar-refractivity contribution in [2.75, 3.05) is 0 Å². The number of rotatable bonds is 4. The van der Waals surface area contributed by atoms with Crippen molar-refractivity contribution in [2.24, 2.45) is 11.7 Å². The Hall–Kier alpha value is -1.54. The SMILES string of the molecule is Cc1cccc(C)c1Cn1ccc(C(N)C2CC2)c1. The van der Waals surface area contributed by atoms with Gasteiger partial charge in [-0.25, -0.2) is 0 Å². The molecule has 0 aliphatic heterocycles. The molecule has 0 saturated heterocycles. The Morgan fingerprint density at radius 3 is 2.53 bits per heavy atom. The molecule has 1 unspecified atom stereocenters. The minimum atomic E-state index is 0.235. The molecule has 1 aliphatic rings. The number of nitrogens with zero attached hydrogens (tertiary/aromatic N) is 1. The summed E-state index contributed by atoms with van der Waals surface area (Å²) in [6.45, 7) is 5.31. The van der Waals surface area contributed by atoms with Crippen LogP contribution in [0, 0.1) is 19.8 Å². The van der Waals surface area contributed by atoms with Crippen LogP contribution < -0.4 is 5.73 Å². The lowest BCUT2D eigenvalue weighted by molar-refractivity contribution is 0.630. The topological polar surface area (TPSA) is 30.9 Å². The first kappa shape index (κ1) is 12.5. The van der Waals surface area contributed by atoms with Crippen LogP contribution in [-0.2, 0) is 6.54 Å². The van der Waals surface area contributed by atoms with Gasteiger partial charge in [-0.05, 0) is 60.9 Å². The zero-order valence-corrected chi connectivity index (χ0v) is 11.8. The fraction of sp³-hybridized carbons (Fsp3) is 0.412. The second-order valence-corrected chi connectivity index (χ2v) is 5.85. The third kappa shape index (κ3) is 2.59. The average molecular weight is 254 g/mol. The van der Waals surface area contributed by atoms with Crippen molar-refractivity contribution in [3.05, 3.63) is 58.9 Å². The second kappa shape index (κ2) is 4.86. The summed E-state index contributed by atoms with van der Waals surface area (Å²) in [5, 5.41) is 0. The number of aryl methyl sites for hydroxylation is 2. The van der Waals surface area contributed by atoms with E-state index in [-0.39, 0.29) is 6.04 Å². The Morgan fingerprint density at radius 2 is 1.89 bits per heavy atom. The lowest BCUT2D eigenvalue weighted by Crippen LogP contribution is -2.11. The predicted octanol–water partition coefficient (Wildman–Crippen LogP) is 3.56. The van der Waals surface area contributed by atoms with Gasteiger partial charge in [0.15, 0.2) is 0 Å². The van der Waals surface area contributed by atoms with E-state index < -0.39 is 0 Å². The summed E-state index contributed by atoms with van der Waals surface area (Å²) < 4.78 is 2.26. The lowest BCUT2D eigenvalue weighted by atomic mass is 10.0. The third-order valence-corrected chi connectivity index (χ3v) is 4.27. The zero-order chi connectivity index (χ0) is 13.4. The van der Waals surface area contributed by atoms with E-state index in [1.807, 2.05) is 0 Å². The molecule has 1 aliphatic carbocycles. The summed E-state index contributed by atoms with van der Waals surface area (Å²) in [5.74, 6) is 0.719. The normalized spacial score (nSPS) is 16.6. The Balaban J connectivity index is 1.80. The first-order valence-electron chi connectivity index (χ1n) is 7.11. The summed E-state index contributed by atoms with van der Waals surface area (Å²) in [7, 11) is 0. The van der Waals surface area contributed by atoms with Gasteiger partial charge < -0.3 is 10.3 Å². The van der Waals surface area contributed by atoms with Crippen molar-refractivity contribution >= 4 is 0 Å². The molecule has 1 heterocycles. The van der Waals surface area contributed by atoms with E-state index in [2.05, 4.69) is 55.1 Å². The molecule has 19 heavy (non-hydrogen) atoms. The smallest absolute Gasteiger partial charge is 0.0475 e. The number of nitrogens with two attached hydrogens (primary N) is 1. The Bertz CT molecular complexity index is 558. The van der Waals surface area contributed by atoms with Crippen LogP contribution in [0.2, 0.25) is 0 Å².